The van der Waals surface area contributed by atoms with E-state index < -0.39 is 0 Å². The Morgan fingerprint density at radius 1 is 1.23 bits per heavy atom. The van der Waals surface area contributed by atoms with E-state index in [9.17, 15) is 4.79 Å². The molecule has 0 spiro atoms. The predicted octanol–water partition coefficient (Wildman–Crippen LogP) is 3.38. The van der Waals surface area contributed by atoms with E-state index in [4.69, 9.17) is 0 Å². The van der Waals surface area contributed by atoms with Crippen LogP contribution in [0.3, 0.4) is 0 Å². The van der Waals surface area contributed by atoms with Gasteiger partial charge in [0.2, 0.25) is 0 Å². The van der Waals surface area contributed by atoms with Gasteiger partial charge < -0.3 is 0 Å². The molecule has 22 heavy (non-hydrogen) atoms. The van der Waals surface area contributed by atoms with E-state index in [1.807, 2.05) is 39.9 Å². The quantitative estimate of drug-likeness (QED) is 0.745. The highest BCUT2D eigenvalue weighted by Crippen LogP contribution is 2.30. The van der Waals surface area contributed by atoms with Gasteiger partial charge in [-0.1, -0.05) is 30.2 Å². The number of anilines is 1. The Morgan fingerprint density at radius 3 is 2.82 bits per heavy atom. The molecule has 0 unspecified atom stereocenters. The van der Waals surface area contributed by atoms with E-state index >= 15 is 0 Å². The molecule has 0 bridgehead atoms. The van der Waals surface area contributed by atoms with E-state index in [1.54, 1.807) is 12.4 Å². The van der Waals surface area contributed by atoms with Crippen molar-refractivity contribution in [3.63, 3.8) is 0 Å². The zero-order chi connectivity index (χ0) is 14.9. The van der Waals surface area contributed by atoms with E-state index in [0.29, 0.717) is 4.88 Å². The summed E-state index contributed by atoms with van der Waals surface area (Å²) in [5.74, 6) is 0.770. The molecule has 1 saturated carbocycles. The maximum Gasteiger partial charge on any atom is 0.271 e. The van der Waals surface area contributed by atoms with E-state index in [1.165, 1.54) is 24.2 Å². The van der Waals surface area contributed by atoms with Crippen LogP contribution < -0.4 is 4.90 Å². The smallest absolute Gasteiger partial charge is 0.271 e. The molecule has 112 valence electrons. The molecule has 5 nitrogen and oxygen atoms in total. The minimum atomic E-state index is 0.0288. The molecule has 1 amide bonds. The molecule has 1 fully saturated rings. The van der Waals surface area contributed by atoms with Gasteiger partial charge in [-0.3, -0.25) is 14.1 Å². The van der Waals surface area contributed by atoms with E-state index in [2.05, 4.69) is 9.97 Å². The first-order valence-corrected chi connectivity index (χ1v) is 8.32. The van der Waals surface area contributed by atoms with Gasteiger partial charge in [0, 0.05) is 30.8 Å². The first kappa shape index (κ1) is 13.5. The first-order valence-electron chi connectivity index (χ1n) is 7.50. The number of aromatic nitrogens is 3. The molecule has 3 heterocycles. The Morgan fingerprint density at radius 2 is 2.09 bits per heavy atom. The van der Waals surface area contributed by atoms with Crippen molar-refractivity contribution in [1.82, 2.24) is 14.4 Å². The molecule has 3 aromatic heterocycles. The number of carbonyl (C=O) groups is 1. The summed E-state index contributed by atoms with van der Waals surface area (Å²) in [6.07, 6.45) is 11.7. The summed E-state index contributed by atoms with van der Waals surface area (Å²) < 4.78 is 1.89. The van der Waals surface area contributed by atoms with Crippen LogP contribution in [-0.4, -0.2) is 26.3 Å². The third kappa shape index (κ3) is 2.29. The molecule has 0 aromatic carbocycles. The Bertz CT molecular complexity index is 760. The van der Waals surface area contributed by atoms with Crippen LogP contribution in [0.4, 0.5) is 5.82 Å². The van der Waals surface area contributed by atoms with Crippen molar-refractivity contribution >= 4 is 28.0 Å². The van der Waals surface area contributed by atoms with Crippen molar-refractivity contribution in [3.8, 4) is 0 Å². The van der Waals surface area contributed by atoms with Crippen LogP contribution in [0.25, 0.3) is 4.96 Å². The van der Waals surface area contributed by atoms with Crippen molar-refractivity contribution in [3.05, 3.63) is 47.9 Å². The van der Waals surface area contributed by atoms with Gasteiger partial charge in [-0.15, -0.1) is 0 Å². The number of hydrogen-bond acceptors (Lipinski definition) is 4. The van der Waals surface area contributed by atoms with Crippen LogP contribution in [0.15, 0.2) is 43.0 Å². The number of hydrogen-bond donors (Lipinski definition) is 0. The first-order chi connectivity index (χ1) is 10.8. The fraction of sp³-hybridized carbons (Fsp3) is 0.312. The van der Waals surface area contributed by atoms with Gasteiger partial charge in [0.05, 0.1) is 0 Å². The lowest BCUT2D eigenvalue weighted by Crippen LogP contribution is -2.39. The van der Waals surface area contributed by atoms with Crippen molar-refractivity contribution in [2.75, 3.05) is 4.90 Å². The fourth-order valence-electron chi connectivity index (χ4n) is 3.06. The monoisotopic (exact) mass is 312 g/mol. The second kappa shape index (κ2) is 5.53. The summed E-state index contributed by atoms with van der Waals surface area (Å²) in [6, 6.07) is 5.96. The van der Waals surface area contributed by atoms with Crippen LogP contribution in [0.1, 0.15) is 35.4 Å². The number of thiazole rings is 1. The summed E-state index contributed by atoms with van der Waals surface area (Å²) in [5.41, 5.74) is 0. The summed E-state index contributed by atoms with van der Waals surface area (Å²) in [5, 5.41) is 0. The van der Waals surface area contributed by atoms with Gasteiger partial charge >= 0.3 is 0 Å². The Labute approximate surface area is 132 Å². The van der Waals surface area contributed by atoms with Crippen molar-refractivity contribution in [2.45, 2.75) is 31.7 Å². The number of nitrogens with zero attached hydrogens (tertiary/aromatic N) is 4. The van der Waals surface area contributed by atoms with Gasteiger partial charge in [-0.05, 0) is 25.0 Å². The zero-order valence-electron chi connectivity index (χ0n) is 12.1. The maximum absolute atomic E-state index is 13.1. The highest BCUT2D eigenvalue weighted by Gasteiger charge is 2.30. The van der Waals surface area contributed by atoms with Crippen LogP contribution in [-0.2, 0) is 0 Å². The normalized spacial score (nSPS) is 15.5. The Kier molecular flexibility index (Phi) is 3.38. The van der Waals surface area contributed by atoms with Gasteiger partial charge in [0.15, 0.2) is 4.96 Å². The number of fused-ring (bicyclic) bond motifs is 1. The van der Waals surface area contributed by atoms with Crippen molar-refractivity contribution < 1.29 is 4.79 Å². The van der Waals surface area contributed by atoms with Gasteiger partial charge in [0.1, 0.15) is 10.7 Å². The molecular formula is C16H16N4OS. The fourth-order valence-corrected chi connectivity index (χ4v) is 3.94. The minimum Gasteiger partial charge on any atom is -0.297 e. The zero-order valence-corrected chi connectivity index (χ0v) is 12.9. The number of carbonyl (C=O) groups excluding carboxylic acids is 1. The highest BCUT2D eigenvalue weighted by molar-refractivity contribution is 7.19. The van der Waals surface area contributed by atoms with Crippen molar-refractivity contribution in [2.24, 2.45) is 0 Å². The maximum atomic E-state index is 13.1. The number of pyridine rings is 1. The standard InChI is InChI=1S/C16H16N4OS/c21-15(13-11-19-10-9-18-16(19)22-13)20(12-5-1-2-6-12)14-7-3-4-8-17-14/h3-4,7-12H,1-2,5-6H2. The topological polar surface area (TPSA) is 50.5 Å². The summed E-state index contributed by atoms with van der Waals surface area (Å²) >= 11 is 1.43. The van der Waals surface area contributed by atoms with Crippen LogP contribution in [0, 0.1) is 0 Å². The van der Waals surface area contributed by atoms with Gasteiger partial charge in [0.25, 0.3) is 5.91 Å². The van der Waals surface area contributed by atoms with Crippen LogP contribution in [0.5, 0.6) is 0 Å². The lowest BCUT2D eigenvalue weighted by Gasteiger charge is -2.27. The summed E-state index contributed by atoms with van der Waals surface area (Å²) in [4.78, 5) is 25.1. The lowest BCUT2D eigenvalue weighted by atomic mass is 10.2. The molecule has 1 aliphatic rings. The molecule has 0 radical (unpaired) electrons. The molecule has 1 aliphatic carbocycles. The second-order valence-corrected chi connectivity index (χ2v) is 6.52. The summed E-state index contributed by atoms with van der Waals surface area (Å²) in [7, 11) is 0. The molecule has 0 saturated heterocycles. The number of imidazole rings is 1. The third-order valence-corrected chi connectivity index (χ3v) is 5.10. The second-order valence-electron chi connectivity index (χ2n) is 5.51. The van der Waals surface area contributed by atoms with Crippen LogP contribution in [0.2, 0.25) is 0 Å². The summed E-state index contributed by atoms with van der Waals surface area (Å²) in [6.45, 7) is 0. The van der Waals surface area contributed by atoms with Gasteiger partial charge in [-0.2, -0.15) is 0 Å². The molecule has 0 aliphatic heterocycles. The molecule has 0 N–H and O–H groups in total. The molecule has 4 rings (SSSR count). The highest BCUT2D eigenvalue weighted by atomic mass is 32.1. The average molecular weight is 312 g/mol. The molecule has 0 atom stereocenters. The Hall–Kier alpha value is -2.21. The number of amides is 1. The van der Waals surface area contributed by atoms with Crippen molar-refractivity contribution in [1.29, 1.82) is 0 Å². The van der Waals surface area contributed by atoms with Gasteiger partial charge in [-0.25, -0.2) is 9.97 Å². The van der Waals surface area contributed by atoms with E-state index in [0.717, 1.165) is 23.6 Å². The SMILES string of the molecule is O=C(c1cn2ccnc2s1)N(c1ccccn1)C1CCCC1. The Balaban J connectivity index is 1.73. The number of rotatable bonds is 3. The van der Waals surface area contributed by atoms with Crippen LogP contribution >= 0.6 is 11.3 Å². The predicted molar refractivity (Wildman–Crippen MR) is 86.4 cm³/mol. The largest absolute Gasteiger partial charge is 0.297 e. The molecule has 3 aromatic rings. The lowest BCUT2D eigenvalue weighted by molar-refractivity contribution is 0.0979. The van der Waals surface area contributed by atoms with E-state index in [-0.39, 0.29) is 11.9 Å². The molecular weight excluding hydrogens is 296 g/mol. The average Bonchev–Trinajstić information content (AvgIpc) is 3.25. The molecule has 6 heteroatoms. The third-order valence-electron chi connectivity index (χ3n) is 4.11. The minimum absolute atomic E-state index is 0.0288.